The Labute approximate surface area is 129 Å². The molecule has 1 aromatic carbocycles. The SMILES string of the molecule is O=C1/C(=C/c2cccc(Br)c2)SC(=S)N1CCCO. The average Bonchev–Trinajstić information content (AvgIpc) is 2.62. The molecule has 1 saturated heterocycles. The number of carbonyl (C=O) groups excluding carboxylic acids is 1. The van der Waals surface area contributed by atoms with Gasteiger partial charge >= 0.3 is 0 Å². The number of halogens is 1. The zero-order chi connectivity index (χ0) is 13.8. The molecule has 0 radical (unpaired) electrons. The number of nitrogens with zero attached hydrogens (tertiary/aromatic N) is 1. The Morgan fingerprint density at radius 2 is 2.26 bits per heavy atom. The zero-order valence-electron chi connectivity index (χ0n) is 10.0. The van der Waals surface area contributed by atoms with E-state index in [1.165, 1.54) is 11.8 Å². The minimum Gasteiger partial charge on any atom is -0.396 e. The van der Waals surface area contributed by atoms with E-state index in [0.29, 0.717) is 22.2 Å². The normalized spacial score (nSPS) is 17.6. The maximum absolute atomic E-state index is 12.2. The lowest BCUT2D eigenvalue weighted by molar-refractivity contribution is -0.122. The van der Waals surface area contributed by atoms with Crippen molar-refractivity contribution in [2.45, 2.75) is 6.42 Å². The van der Waals surface area contributed by atoms with Gasteiger partial charge in [0.1, 0.15) is 4.32 Å². The maximum atomic E-state index is 12.2. The number of aliphatic hydroxyl groups excluding tert-OH is 1. The van der Waals surface area contributed by atoms with Gasteiger partial charge in [0.25, 0.3) is 5.91 Å². The lowest BCUT2D eigenvalue weighted by atomic mass is 10.2. The van der Waals surface area contributed by atoms with Crippen molar-refractivity contribution in [1.82, 2.24) is 4.90 Å². The first-order chi connectivity index (χ1) is 9.11. The first-order valence-corrected chi connectivity index (χ1v) is 7.75. The molecule has 1 aliphatic rings. The minimum atomic E-state index is -0.0802. The minimum absolute atomic E-state index is 0.0573. The molecule has 0 bridgehead atoms. The number of hydrogen-bond acceptors (Lipinski definition) is 4. The molecule has 0 unspecified atom stereocenters. The third kappa shape index (κ3) is 3.66. The summed E-state index contributed by atoms with van der Waals surface area (Å²) in [4.78, 5) is 14.3. The van der Waals surface area contributed by atoms with E-state index >= 15 is 0 Å². The van der Waals surface area contributed by atoms with Crippen molar-refractivity contribution in [1.29, 1.82) is 0 Å². The average molecular weight is 358 g/mol. The highest BCUT2D eigenvalue weighted by Gasteiger charge is 2.31. The van der Waals surface area contributed by atoms with Gasteiger partial charge in [-0.25, -0.2) is 0 Å². The van der Waals surface area contributed by atoms with E-state index in [0.717, 1.165) is 10.0 Å². The number of hydrogen-bond donors (Lipinski definition) is 1. The molecule has 0 spiro atoms. The molecule has 0 aromatic heterocycles. The third-order valence-corrected chi connectivity index (χ3v) is 4.43. The maximum Gasteiger partial charge on any atom is 0.266 e. The molecule has 1 N–H and O–H groups in total. The van der Waals surface area contributed by atoms with E-state index in [-0.39, 0.29) is 12.5 Å². The van der Waals surface area contributed by atoms with Crippen LogP contribution in [0.2, 0.25) is 0 Å². The summed E-state index contributed by atoms with van der Waals surface area (Å²) in [5.74, 6) is -0.0802. The lowest BCUT2D eigenvalue weighted by Crippen LogP contribution is -2.29. The van der Waals surface area contributed by atoms with Crippen LogP contribution in [-0.4, -0.2) is 33.4 Å². The summed E-state index contributed by atoms with van der Waals surface area (Å²) < 4.78 is 1.52. The first kappa shape index (κ1) is 14.7. The van der Waals surface area contributed by atoms with Crippen molar-refractivity contribution in [2.75, 3.05) is 13.2 Å². The molecule has 1 aromatic rings. The largest absolute Gasteiger partial charge is 0.396 e. The van der Waals surface area contributed by atoms with Gasteiger partial charge in [0, 0.05) is 17.6 Å². The fraction of sp³-hybridized carbons (Fsp3) is 0.231. The lowest BCUT2D eigenvalue weighted by Gasteiger charge is -2.12. The number of benzene rings is 1. The molecule has 1 fully saturated rings. The molecule has 100 valence electrons. The van der Waals surface area contributed by atoms with Gasteiger partial charge in [0.15, 0.2) is 0 Å². The Morgan fingerprint density at radius 3 is 2.95 bits per heavy atom. The highest BCUT2D eigenvalue weighted by molar-refractivity contribution is 9.10. The van der Waals surface area contributed by atoms with Gasteiger partial charge in [-0.1, -0.05) is 52.0 Å². The van der Waals surface area contributed by atoms with Crippen LogP contribution in [0.15, 0.2) is 33.6 Å². The topological polar surface area (TPSA) is 40.5 Å². The number of aliphatic hydroxyl groups is 1. The zero-order valence-corrected chi connectivity index (χ0v) is 13.2. The van der Waals surface area contributed by atoms with Crippen LogP contribution in [0.3, 0.4) is 0 Å². The van der Waals surface area contributed by atoms with Gasteiger partial charge in [0.05, 0.1) is 4.91 Å². The van der Waals surface area contributed by atoms with Crippen LogP contribution in [0.1, 0.15) is 12.0 Å². The van der Waals surface area contributed by atoms with Crippen LogP contribution in [0, 0.1) is 0 Å². The van der Waals surface area contributed by atoms with E-state index < -0.39 is 0 Å². The summed E-state index contributed by atoms with van der Waals surface area (Å²) >= 11 is 9.89. The molecule has 3 nitrogen and oxygen atoms in total. The summed E-state index contributed by atoms with van der Waals surface area (Å²) in [6, 6.07) is 7.73. The van der Waals surface area contributed by atoms with Gasteiger partial charge in [0.2, 0.25) is 0 Å². The van der Waals surface area contributed by atoms with Crippen molar-refractivity contribution in [3.63, 3.8) is 0 Å². The molecule has 1 heterocycles. The molecule has 6 heteroatoms. The number of thiocarbonyl (C=S) groups is 1. The van der Waals surface area contributed by atoms with Crippen molar-refractivity contribution in [3.8, 4) is 0 Å². The molecule has 2 rings (SSSR count). The quantitative estimate of drug-likeness (QED) is 0.664. The molecule has 0 aliphatic carbocycles. The van der Waals surface area contributed by atoms with Crippen LogP contribution in [0.4, 0.5) is 0 Å². The second-order valence-electron chi connectivity index (χ2n) is 3.97. The van der Waals surface area contributed by atoms with Crippen molar-refractivity contribution < 1.29 is 9.90 Å². The molecule has 19 heavy (non-hydrogen) atoms. The van der Waals surface area contributed by atoms with Crippen LogP contribution in [-0.2, 0) is 4.79 Å². The highest BCUT2D eigenvalue weighted by atomic mass is 79.9. The summed E-state index contributed by atoms with van der Waals surface area (Å²) in [5, 5.41) is 8.82. The fourth-order valence-corrected chi connectivity index (χ4v) is 3.39. The Kier molecular flexibility index (Phi) is 5.15. The van der Waals surface area contributed by atoms with Crippen LogP contribution < -0.4 is 0 Å². The molecule has 0 saturated carbocycles. The van der Waals surface area contributed by atoms with Gasteiger partial charge in [-0.05, 0) is 30.2 Å². The predicted molar refractivity (Wildman–Crippen MR) is 85.7 cm³/mol. The number of amides is 1. The first-order valence-electron chi connectivity index (χ1n) is 5.73. The van der Waals surface area contributed by atoms with Crippen molar-refractivity contribution >= 4 is 56.2 Å². The molecule has 1 aliphatic heterocycles. The summed E-state index contributed by atoms with van der Waals surface area (Å²) in [7, 11) is 0. The Balaban J connectivity index is 2.18. The van der Waals surface area contributed by atoms with Crippen LogP contribution in [0.5, 0.6) is 0 Å². The number of carbonyl (C=O) groups is 1. The molecule has 0 atom stereocenters. The Hall–Kier alpha value is -0.690. The Bertz CT molecular complexity index is 545. The van der Waals surface area contributed by atoms with E-state index in [1.807, 2.05) is 30.3 Å². The predicted octanol–water partition coefficient (Wildman–Crippen LogP) is 3.03. The van der Waals surface area contributed by atoms with E-state index in [2.05, 4.69) is 15.9 Å². The van der Waals surface area contributed by atoms with Crippen molar-refractivity contribution in [2.24, 2.45) is 0 Å². The molecular weight excluding hydrogens is 346 g/mol. The van der Waals surface area contributed by atoms with E-state index in [9.17, 15) is 4.79 Å². The monoisotopic (exact) mass is 357 g/mol. The molecular formula is C13H12BrNO2S2. The summed E-state index contributed by atoms with van der Waals surface area (Å²) in [5.41, 5.74) is 0.956. The highest BCUT2D eigenvalue weighted by Crippen LogP contribution is 2.32. The van der Waals surface area contributed by atoms with Crippen molar-refractivity contribution in [3.05, 3.63) is 39.2 Å². The van der Waals surface area contributed by atoms with Gasteiger partial charge < -0.3 is 5.11 Å². The third-order valence-electron chi connectivity index (χ3n) is 2.56. The smallest absolute Gasteiger partial charge is 0.266 e. The fourth-order valence-electron chi connectivity index (χ4n) is 1.67. The Morgan fingerprint density at radius 1 is 1.47 bits per heavy atom. The summed E-state index contributed by atoms with van der Waals surface area (Å²) in [6.45, 7) is 0.527. The van der Waals surface area contributed by atoms with E-state index in [4.69, 9.17) is 17.3 Å². The van der Waals surface area contributed by atoms with Crippen LogP contribution in [0.25, 0.3) is 6.08 Å². The van der Waals surface area contributed by atoms with Gasteiger partial charge in [-0.3, -0.25) is 9.69 Å². The summed E-state index contributed by atoms with van der Waals surface area (Å²) in [6.07, 6.45) is 2.37. The molecule has 1 amide bonds. The number of rotatable bonds is 4. The second kappa shape index (κ2) is 6.65. The number of thioether (sulfide) groups is 1. The second-order valence-corrected chi connectivity index (χ2v) is 6.56. The van der Waals surface area contributed by atoms with Gasteiger partial charge in [-0.2, -0.15) is 0 Å². The van der Waals surface area contributed by atoms with Crippen LogP contribution >= 0.6 is 39.9 Å². The van der Waals surface area contributed by atoms with E-state index in [1.54, 1.807) is 4.90 Å². The standard InChI is InChI=1S/C13H12BrNO2S2/c14-10-4-1-3-9(7-10)8-11-12(17)15(5-2-6-16)13(18)19-11/h1,3-4,7-8,16H,2,5-6H2/b11-8-. The van der Waals surface area contributed by atoms with Gasteiger partial charge in [-0.15, -0.1) is 0 Å².